The number of Topliss-reactive ketones (excluding diaryl/α,β-unsaturated/α-hetero) is 1. The third-order valence-corrected chi connectivity index (χ3v) is 5.01. The van der Waals surface area contributed by atoms with Gasteiger partial charge in [0.25, 0.3) is 0 Å². The van der Waals surface area contributed by atoms with E-state index in [1.807, 2.05) is 6.07 Å². The quantitative estimate of drug-likeness (QED) is 0.263. The van der Waals surface area contributed by atoms with E-state index in [1.165, 1.54) is 56.9 Å². The van der Waals surface area contributed by atoms with E-state index in [4.69, 9.17) is 0 Å². The van der Waals surface area contributed by atoms with Crippen LogP contribution in [-0.4, -0.2) is 5.78 Å². The van der Waals surface area contributed by atoms with Crippen molar-refractivity contribution in [1.29, 1.82) is 0 Å². The van der Waals surface area contributed by atoms with Crippen LogP contribution in [0.5, 0.6) is 0 Å². The predicted molar refractivity (Wildman–Crippen MR) is 110 cm³/mol. The number of carbonyl (C=O) groups is 1. The van der Waals surface area contributed by atoms with Gasteiger partial charge in [0.1, 0.15) is 0 Å². The van der Waals surface area contributed by atoms with E-state index in [-0.39, 0.29) is 0 Å². The van der Waals surface area contributed by atoms with Crippen molar-refractivity contribution in [3.8, 4) is 0 Å². The molecule has 0 spiro atoms. The summed E-state index contributed by atoms with van der Waals surface area (Å²) in [5.41, 5.74) is 3.22. The first-order valence-electron chi connectivity index (χ1n) is 10.6. The molecule has 1 aromatic carbocycles. The van der Waals surface area contributed by atoms with Crippen LogP contribution in [-0.2, 0) is 0 Å². The SMILES string of the molecule is CCCCCCCCCCCC(=O)c1ccc(C(C)C)[c]c1C(C)C. The van der Waals surface area contributed by atoms with Crippen LogP contribution in [0.3, 0.4) is 0 Å². The second kappa shape index (κ2) is 12.3. The third-order valence-electron chi connectivity index (χ3n) is 5.01. The summed E-state index contributed by atoms with van der Waals surface area (Å²) in [7, 11) is 0. The molecule has 0 amide bonds. The van der Waals surface area contributed by atoms with Gasteiger partial charge in [-0.2, -0.15) is 0 Å². The average Bonchev–Trinajstić information content (AvgIpc) is 2.59. The highest BCUT2D eigenvalue weighted by Gasteiger charge is 2.15. The molecule has 0 unspecified atom stereocenters. The monoisotopic (exact) mass is 343 g/mol. The molecule has 0 aliphatic heterocycles. The first-order valence-corrected chi connectivity index (χ1v) is 10.6. The van der Waals surface area contributed by atoms with Gasteiger partial charge in [-0.1, -0.05) is 98.1 Å². The van der Waals surface area contributed by atoms with Crippen molar-refractivity contribution in [2.75, 3.05) is 0 Å². The molecule has 0 aliphatic carbocycles. The minimum absolute atomic E-state index is 0.304. The van der Waals surface area contributed by atoms with Crippen molar-refractivity contribution < 1.29 is 4.79 Å². The largest absolute Gasteiger partial charge is 0.294 e. The smallest absolute Gasteiger partial charge is 0.163 e. The molecule has 0 aromatic heterocycles. The van der Waals surface area contributed by atoms with Crippen LogP contribution in [0.15, 0.2) is 12.1 Å². The standard InChI is InChI=1S/C24H39O/c1-6-7-8-9-10-11-12-13-14-15-24(25)22-17-16-21(19(2)3)18-23(22)20(4)5/h16-17,19-20H,6-15H2,1-5H3. The Morgan fingerprint density at radius 1 is 0.840 bits per heavy atom. The van der Waals surface area contributed by atoms with Gasteiger partial charge in [0.2, 0.25) is 0 Å². The minimum Gasteiger partial charge on any atom is -0.294 e. The average molecular weight is 344 g/mol. The maximum atomic E-state index is 12.6. The maximum absolute atomic E-state index is 12.6. The molecule has 0 heterocycles. The lowest BCUT2D eigenvalue weighted by atomic mass is 9.89. The van der Waals surface area contributed by atoms with Gasteiger partial charge in [0.05, 0.1) is 0 Å². The van der Waals surface area contributed by atoms with E-state index in [9.17, 15) is 4.79 Å². The van der Waals surface area contributed by atoms with E-state index >= 15 is 0 Å². The molecule has 0 fully saturated rings. The molecular weight excluding hydrogens is 304 g/mol. The molecular formula is C24H39O. The Labute approximate surface area is 156 Å². The molecule has 1 rings (SSSR count). The summed E-state index contributed by atoms with van der Waals surface area (Å²) < 4.78 is 0. The van der Waals surface area contributed by atoms with Gasteiger partial charge in [-0.3, -0.25) is 4.79 Å². The Hall–Kier alpha value is -1.11. The normalized spacial score (nSPS) is 11.5. The number of hydrogen-bond acceptors (Lipinski definition) is 1. The number of unbranched alkanes of at least 4 members (excludes halogenated alkanes) is 8. The number of hydrogen-bond donors (Lipinski definition) is 0. The molecule has 0 bridgehead atoms. The Kier molecular flexibility index (Phi) is 10.8. The lowest BCUT2D eigenvalue weighted by Gasteiger charge is -2.15. The fourth-order valence-corrected chi connectivity index (χ4v) is 3.29. The van der Waals surface area contributed by atoms with Gasteiger partial charge in [0.15, 0.2) is 5.78 Å². The van der Waals surface area contributed by atoms with Crippen molar-refractivity contribution in [2.24, 2.45) is 0 Å². The van der Waals surface area contributed by atoms with Crippen molar-refractivity contribution in [3.05, 3.63) is 34.9 Å². The molecule has 1 radical (unpaired) electrons. The summed E-state index contributed by atoms with van der Waals surface area (Å²) in [4.78, 5) is 12.6. The zero-order valence-electron chi connectivity index (χ0n) is 17.3. The van der Waals surface area contributed by atoms with E-state index < -0.39 is 0 Å². The van der Waals surface area contributed by atoms with Crippen LogP contribution < -0.4 is 0 Å². The van der Waals surface area contributed by atoms with Crippen molar-refractivity contribution >= 4 is 5.78 Å². The van der Waals surface area contributed by atoms with E-state index in [0.29, 0.717) is 24.0 Å². The van der Waals surface area contributed by atoms with E-state index in [0.717, 1.165) is 17.5 Å². The van der Waals surface area contributed by atoms with Gasteiger partial charge in [-0.05, 0) is 35.4 Å². The van der Waals surface area contributed by atoms with Gasteiger partial charge in [-0.25, -0.2) is 0 Å². The van der Waals surface area contributed by atoms with Crippen molar-refractivity contribution in [3.63, 3.8) is 0 Å². The molecule has 25 heavy (non-hydrogen) atoms. The van der Waals surface area contributed by atoms with E-state index in [2.05, 4.69) is 46.8 Å². The molecule has 0 atom stereocenters. The summed E-state index contributed by atoms with van der Waals surface area (Å²) in [6, 6.07) is 7.63. The van der Waals surface area contributed by atoms with Crippen molar-refractivity contribution in [2.45, 2.75) is 111 Å². The fraction of sp³-hybridized carbons (Fsp3) is 0.708. The van der Waals surface area contributed by atoms with Gasteiger partial charge in [-0.15, -0.1) is 0 Å². The highest BCUT2D eigenvalue weighted by Crippen LogP contribution is 2.25. The third kappa shape index (κ3) is 8.21. The van der Waals surface area contributed by atoms with Crippen LogP contribution >= 0.6 is 0 Å². The van der Waals surface area contributed by atoms with Gasteiger partial charge >= 0.3 is 0 Å². The Balaban J connectivity index is 2.39. The Bertz CT molecular complexity index is 499. The molecule has 141 valence electrons. The fourth-order valence-electron chi connectivity index (χ4n) is 3.29. The molecule has 0 saturated carbocycles. The summed E-state index contributed by atoms with van der Waals surface area (Å²) in [6.07, 6.45) is 12.3. The highest BCUT2D eigenvalue weighted by molar-refractivity contribution is 5.97. The minimum atomic E-state index is 0.304. The van der Waals surface area contributed by atoms with Crippen LogP contribution in [0.1, 0.15) is 132 Å². The highest BCUT2D eigenvalue weighted by atomic mass is 16.1. The topological polar surface area (TPSA) is 17.1 Å². The summed E-state index contributed by atoms with van der Waals surface area (Å²) in [6.45, 7) is 10.9. The van der Waals surface area contributed by atoms with E-state index in [1.54, 1.807) is 0 Å². The molecule has 0 N–H and O–H groups in total. The van der Waals surface area contributed by atoms with Crippen molar-refractivity contribution in [1.82, 2.24) is 0 Å². The Morgan fingerprint density at radius 2 is 1.40 bits per heavy atom. The number of ketones is 1. The second-order valence-corrected chi connectivity index (χ2v) is 8.05. The summed E-state index contributed by atoms with van der Waals surface area (Å²) in [5.74, 6) is 1.11. The number of benzene rings is 1. The second-order valence-electron chi connectivity index (χ2n) is 8.05. The molecule has 0 saturated heterocycles. The van der Waals surface area contributed by atoms with Crippen LogP contribution in [0, 0.1) is 6.07 Å². The number of rotatable bonds is 13. The molecule has 1 aromatic rings. The first kappa shape index (κ1) is 21.9. The summed E-state index contributed by atoms with van der Waals surface area (Å²) >= 11 is 0. The van der Waals surface area contributed by atoms with Gasteiger partial charge < -0.3 is 0 Å². The molecule has 1 heteroatoms. The maximum Gasteiger partial charge on any atom is 0.163 e. The lowest BCUT2D eigenvalue weighted by Crippen LogP contribution is -2.07. The summed E-state index contributed by atoms with van der Waals surface area (Å²) in [5, 5.41) is 0. The Morgan fingerprint density at radius 3 is 1.92 bits per heavy atom. The zero-order chi connectivity index (χ0) is 18.7. The zero-order valence-corrected chi connectivity index (χ0v) is 17.3. The predicted octanol–water partition coefficient (Wildman–Crippen LogP) is 7.84. The van der Waals surface area contributed by atoms with Crippen LogP contribution in [0.2, 0.25) is 0 Å². The van der Waals surface area contributed by atoms with Gasteiger partial charge in [0, 0.05) is 12.0 Å². The van der Waals surface area contributed by atoms with Crippen LogP contribution in [0.25, 0.3) is 0 Å². The van der Waals surface area contributed by atoms with Crippen LogP contribution in [0.4, 0.5) is 0 Å². The number of carbonyl (C=O) groups excluding carboxylic acids is 1. The molecule has 1 nitrogen and oxygen atoms in total. The molecule has 0 aliphatic rings. The lowest BCUT2D eigenvalue weighted by molar-refractivity contribution is 0.0977. The first-order chi connectivity index (χ1) is 12.0.